The summed E-state index contributed by atoms with van der Waals surface area (Å²) in [6.45, 7) is -0.0362. The lowest BCUT2D eigenvalue weighted by atomic mass is 10.1. The van der Waals surface area contributed by atoms with Crippen LogP contribution in [-0.2, 0) is 27.7 Å². The predicted octanol–water partition coefficient (Wildman–Crippen LogP) is 2.03. The van der Waals surface area contributed by atoms with E-state index in [1.807, 2.05) is 6.07 Å². The number of carbonyl (C=O) groups is 2. The Morgan fingerprint density at radius 2 is 1.69 bits per heavy atom. The van der Waals surface area contributed by atoms with E-state index in [0.717, 1.165) is 29.7 Å². The molecule has 26 heavy (non-hydrogen) atoms. The minimum Gasteiger partial charge on any atom is -0.328 e. The molecular weight excluding hydrogens is 354 g/mol. The summed E-state index contributed by atoms with van der Waals surface area (Å²) < 4.78 is 27.7. The van der Waals surface area contributed by atoms with E-state index in [1.165, 1.54) is 29.8 Å². The average Bonchev–Trinajstić information content (AvgIpc) is 3.21. The highest BCUT2D eigenvalue weighted by Gasteiger charge is 2.29. The van der Waals surface area contributed by atoms with E-state index in [4.69, 9.17) is 0 Å². The smallest absolute Gasteiger partial charge is 0.328 e. The third-order valence-electron chi connectivity index (χ3n) is 4.60. The molecule has 3 amide bonds. The van der Waals surface area contributed by atoms with Crippen molar-refractivity contribution in [1.29, 1.82) is 0 Å². The van der Waals surface area contributed by atoms with Gasteiger partial charge in [-0.3, -0.25) is 9.52 Å². The van der Waals surface area contributed by atoms with Crippen LogP contribution in [0.3, 0.4) is 0 Å². The highest BCUT2D eigenvalue weighted by molar-refractivity contribution is 7.92. The minimum atomic E-state index is -3.70. The van der Waals surface area contributed by atoms with Crippen molar-refractivity contribution in [2.75, 3.05) is 16.2 Å². The molecule has 1 fully saturated rings. The Morgan fingerprint density at radius 1 is 0.962 bits per heavy atom. The van der Waals surface area contributed by atoms with Gasteiger partial charge in [-0.15, -0.1) is 0 Å². The molecular formula is C18H17N3O4S. The van der Waals surface area contributed by atoms with Gasteiger partial charge in [-0.2, -0.15) is 0 Å². The van der Waals surface area contributed by atoms with Gasteiger partial charge in [0.05, 0.1) is 17.1 Å². The van der Waals surface area contributed by atoms with Crippen molar-refractivity contribution in [3.63, 3.8) is 0 Å². The van der Waals surface area contributed by atoms with Gasteiger partial charge >= 0.3 is 6.03 Å². The predicted molar refractivity (Wildman–Crippen MR) is 96.6 cm³/mol. The molecule has 134 valence electrons. The molecule has 4 rings (SSSR count). The standard InChI is InChI=1S/C18H17N3O4S/c22-17-11-19-18(23)21(17)15-7-5-14(6-8-15)20-26(24,25)16-9-4-12-2-1-3-13(12)10-16/h4-10,20H,1-3,11H2,(H,19,23). The Balaban J connectivity index is 1.55. The minimum absolute atomic E-state index is 0.0362. The number of fused-ring (bicyclic) bond motifs is 1. The maximum atomic E-state index is 12.6. The van der Waals surface area contributed by atoms with Gasteiger partial charge in [-0.05, 0) is 66.8 Å². The lowest BCUT2D eigenvalue weighted by Gasteiger charge is -2.14. The van der Waals surface area contributed by atoms with Crippen LogP contribution in [0.2, 0.25) is 0 Å². The number of imide groups is 1. The second-order valence-corrected chi connectivity index (χ2v) is 8.01. The zero-order chi connectivity index (χ0) is 18.3. The largest absolute Gasteiger partial charge is 0.329 e. The zero-order valence-electron chi connectivity index (χ0n) is 13.9. The second kappa shape index (κ2) is 6.14. The fourth-order valence-corrected chi connectivity index (χ4v) is 4.40. The first kappa shape index (κ1) is 16.6. The Kier molecular flexibility index (Phi) is 3.91. The topological polar surface area (TPSA) is 95.6 Å². The van der Waals surface area contributed by atoms with E-state index in [1.54, 1.807) is 12.1 Å². The Labute approximate surface area is 151 Å². The molecule has 0 aromatic heterocycles. The van der Waals surface area contributed by atoms with Crippen LogP contribution in [0.25, 0.3) is 0 Å². The molecule has 8 heteroatoms. The van der Waals surface area contributed by atoms with Crippen molar-refractivity contribution >= 4 is 33.3 Å². The van der Waals surface area contributed by atoms with E-state index in [9.17, 15) is 18.0 Å². The molecule has 2 aromatic rings. The van der Waals surface area contributed by atoms with Crippen molar-refractivity contribution in [2.24, 2.45) is 0 Å². The van der Waals surface area contributed by atoms with Crippen molar-refractivity contribution in [2.45, 2.75) is 24.2 Å². The van der Waals surface area contributed by atoms with E-state index < -0.39 is 16.1 Å². The number of hydrogen-bond acceptors (Lipinski definition) is 4. The van der Waals surface area contributed by atoms with Crippen molar-refractivity contribution in [3.05, 3.63) is 53.6 Å². The van der Waals surface area contributed by atoms with Gasteiger partial charge in [-0.1, -0.05) is 6.07 Å². The summed E-state index contributed by atoms with van der Waals surface area (Å²) in [6.07, 6.45) is 2.95. The molecule has 2 aliphatic rings. The van der Waals surface area contributed by atoms with Crippen molar-refractivity contribution in [1.82, 2.24) is 5.32 Å². The molecule has 0 bridgehead atoms. The number of rotatable bonds is 4. The normalized spacial score (nSPS) is 16.5. The average molecular weight is 371 g/mol. The fourth-order valence-electron chi connectivity index (χ4n) is 3.29. The summed E-state index contributed by atoms with van der Waals surface area (Å²) in [5.74, 6) is -0.346. The van der Waals surface area contributed by atoms with Crippen LogP contribution in [0.15, 0.2) is 47.4 Å². The first-order chi connectivity index (χ1) is 12.4. The highest BCUT2D eigenvalue weighted by atomic mass is 32.2. The number of sulfonamides is 1. The quantitative estimate of drug-likeness (QED) is 0.804. The first-order valence-electron chi connectivity index (χ1n) is 8.29. The molecule has 2 N–H and O–H groups in total. The number of carbonyl (C=O) groups excluding carboxylic acids is 2. The molecule has 0 atom stereocenters. The Bertz CT molecular complexity index is 984. The lowest BCUT2D eigenvalue weighted by Crippen LogP contribution is -2.30. The van der Waals surface area contributed by atoms with Crippen LogP contribution in [0.1, 0.15) is 17.5 Å². The summed E-state index contributed by atoms with van der Waals surface area (Å²) in [4.78, 5) is 24.6. The Hall–Kier alpha value is -2.87. The van der Waals surface area contributed by atoms with Crippen LogP contribution < -0.4 is 14.9 Å². The van der Waals surface area contributed by atoms with Crippen LogP contribution >= 0.6 is 0 Å². The van der Waals surface area contributed by atoms with Gasteiger partial charge < -0.3 is 5.32 Å². The summed E-state index contributed by atoms with van der Waals surface area (Å²) in [6, 6.07) is 10.9. The van der Waals surface area contributed by atoms with E-state index >= 15 is 0 Å². The van der Waals surface area contributed by atoms with Gasteiger partial charge in [0.2, 0.25) is 0 Å². The van der Waals surface area contributed by atoms with Crippen molar-refractivity contribution in [3.8, 4) is 0 Å². The van der Waals surface area contributed by atoms with E-state index in [0.29, 0.717) is 11.4 Å². The van der Waals surface area contributed by atoms with Gasteiger partial charge in [0.15, 0.2) is 0 Å². The second-order valence-electron chi connectivity index (χ2n) is 6.32. The first-order valence-corrected chi connectivity index (χ1v) is 9.78. The van der Waals surface area contributed by atoms with Crippen LogP contribution in [0, 0.1) is 0 Å². The number of hydrogen-bond donors (Lipinski definition) is 2. The van der Waals surface area contributed by atoms with Crippen molar-refractivity contribution < 1.29 is 18.0 Å². The zero-order valence-corrected chi connectivity index (χ0v) is 14.7. The van der Waals surface area contributed by atoms with Crippen LogP contribution in [0.4, 0.5) is 16.2 Å². The molecule has 7 nitrogen and oxygen atoms in total. The summed E-state index contributed by atoms with van der Waals surface area (Å²) >= 11 is 0. The number of urea groups is 1. The van der Waals surface area contributed by atoms with Crippen LogP contribution in [0.5, 0.6) is 0 Å². The van der Waals surface area contributed by atoms with Gasteiger partial charge in [0.1, 0.15) is 0 Å². The molecule has 0 spiro atoms. The number of nitrogens with zero attached hydrogens (tertiary/aromatic N) is 1. The molecule has 1 saturated heterocycles. The lowest BCUT2D eigenvalue weighted by molar-refractivity contribution is -0.115. The fraction of sp³-hybridized carbons (Fsp3) is 0.222. The Morgan fingerprint density at radius 3 is 2.38 bits per heavy atom. The molecule has 1 aliphatic heterocycles. The highest BCUT2D eigenvalue weighted by Crippen LogP contribution is 2.26. The number of amides is 3. The number of aryl methyl sites for hydroxylation is 2. The SMILES string of the molecule is O=C1CNC(=O)N1c1ccc(NS(=O)(=O)c2ccc3c(c2)CCC3)cc1. The van der Waals surface area contributed by atoms with E-state index in [-0.39, 0.29) is 17.3 Å². The number of anilines is 2. The summed E-state index contributed by atoms with van der Waals surface area (Å²) in [7, 11) is -3.70. The molecule has 0 unspecified atom stereocenters. The van der Waals surface area contributed by atoms with E-state index in [2.05, 4.69) is 10.0 Å². The summed E-state index contributed by atoms with van der Waals surface area (Å²) in [5, 5.41) is 2.44. The summed E-state index contributed by atoms with van der Waals surface area (Å²) in [5.41, 5.74) is 3.05. The maximum Gasteiger partial charge on any atom is 0.329 e. The van der Waals surface area contributed by atoms with Crippen LogP contribution in [-0.4, -0.2) is 26.9 Å². The third-order valence-corrected chi connectivity index (χ3v) is 5.98. The van der Waals surface area contributed by atoms with Gasteiger partial charge in [0.25, 0.3) is 15.9 Å². The third kappa shape index (κ3) is 2.92. The number of nitrogens with one attached hydrogen (secondary N) is 2. The molecule has 1 aliphatic carbocycles. The molecule has 0 saturated carbocycles. The van der Waals surface area contributed by atoms with Gasteiger partial charge in [-0.25, -0.2) is 18.1 Å². The van der Waals surface area contributed by atoms with Gasteiger partial charge in [0, 0.05) is 5.69 Å². The maximum absolute atomic E-state index is 12.6. The monoisotopic (exact) mass is 371 g/mol. The molecule has 1 heterocycles. The molecule has 0 radical (unpaired) electrons. The molecule has 2 aromatic carbocycles. The number of benzene rings is 2.